The standard InChI is InChI=1S/C24H16Cl3N3O5/c1-34-23-9-14(2-7-22(23)35-13-15-3-4-17(25)10-19(15)27)8-16(12-28)24(31)29-20-6-5-18(26)11-21(20)30(32)33/h2-11H,13H2,1H3,(H,29,31). The van der Waals surface area contributed by atoms with Crippen LogP contribution >= 0.6 is 34.8 Å². The van der Waals surface area contributed by atoms with Crippen molar-refractivity contribution >= 4 is 58.2 Å². The van der Waals surface area contributed by atoms with Crippen molar-refractivity contribution < 1.29 is 19.2 Å². The molecule has 1 amide bonds. The fraction of sp³-hybridized carbons (Fsp3) is 0.0833. The lowest BCUT2D eigenvalue weighted by atomic mass is 10.1. The molecule has 3 aromatic carbocycles. The average molecular weight is 533 g/mol. The van der Waals surface area contributed by atoms with Crippen molar-refractivity contribution in [2.75, 3.05) is 12.4 Å². The second kappa shape index (κ2) is 11.6. The van der Waals surface area contributed by atoms with Gasteiger partial charge in [0.05, 0.1) is 12.0 Å². The van der Waals surface area contributed by atoms with Crippen molar-refractivity contribution in [3.05, 3.63) is 96.5 Å². The lowest BCUT2D eigenvalue weighted by molar-refractivity contribution is -0.383. The highest BCUT2D eigenvalue weighted by atomic mass is 35.5. The first-order valence-corrected chi connectivity index (χ1v) is 11.0. The van der Waals surface area contributed by atoms with Gasteiger partial charge in [-0.1, -0.05) is 46.9 Å². The number of ether oxygens (including phenoxy) is 2. The van der Waals surface area contributed by atoms with Gasteiger partial charge in [-0.05, 0) is 48.0 Å². The van der Waals surface area contributed by atoms with Crippen LogP contribution in [0.3, 0.4) is 0 Å². The summed E-state index contributed by atoms with van der Waals surface area (Å²) in [6.07, 6.45) is 1.32. The summed E-state index contributed by atoms with van der Waals surface area (Å²) in [5, 5.41) is 24.2. The summed E-state index contributed by atoms with van der Waals surface area (Å²) in [7, 11) is 1.45. The van der Waals surface area contributed by atoms with Gasteiger partial charge in [0.1, 0.15) is 23.9 Å². The molecule has 0 aromatic heterocycles. The van der Waals surface area contributed by atoms with E-state index in [0.717, 1.165) is 11.6 Å². The molecule has 8 nitrogen and oxygen atoms in total. The summed E-state index contributed by atoms with van der Waals surface area (Å²) >= 11 is 17.9. The minimum absolute atomic E-state index is 0.0901. The molecule has 35 heavy (non-hydrogen) atoms. The van der Waals surface area contributed by atoms with Gasteiger partial charge in [-0.15, -0.1) is 0 Å². The Bertz CT molecular complexity index is 1370. The first-order chi connectivity index (χ1) is 16.7. The molecule has 0 saturated heterocycles. The highest BCUT2D eigenvalue weighted by Crippen LogP contribution is 2.32. The lowest BCUT2D eigenvalue weighted by Crippen LogP contribution is -2.14. The number of hydrogen-bond donors (Lipinski definition) is 1. The molecule has 0 radical (unpaired) electrons. The number of nitro benzene ring substituents is 1. The number of amides is 1. The number of methoxy groups -OCH3 is 1. The third-order valence-corrected chi connectivity index (χ3v) is 5.49. The number of nitro groups is 1. The monoisotopic (exact) mass is 531 g/mol. The molecule has 178 valence electrons. The van der Waals surface area contributed by atoms with Crippen LogP contribution in [0.15, 0.2) is 60.2 Å². The van der Waals surface area contributed by atoms with Crippen molar-refractivity contribution in [2.45, 2.75) is 6.61 Å². The van der Waals surface area contributed by atoms with Gasteiger partial charge in [0.2, 0.25) is 0 Å². The van der Waals surface area contributed by atoms with Gasteiger partial charge in [-0.2, -0.15) is 5.26 Å². The van der Waals surface area contributed by atoms with Gasteiger partial charge in [0, 0.05) is 26.7 Å². The molecule has 0 aliphatic rings. The summed E-state index contributed by atoms with van der Waals surface area (Å²) in [5.74, 6) is -0.0557. The van der Waals surface area contributed by atoms with Gasteiger partial charge in [-0.25, -0.2) is 0 Å². The molecule has 0 aliphatic heterocycles. The molecule has 0 heterocycles. The third-order valence-electron chi connectivity index (χ3n) is 4.67. The average Bonchev–Trinajstić information content (AvgIpc) is 2.83. The number of carbonyl (C=O) groups excluding carboxylic acids is 1. The van der Waals surface area contributed by atoms with Gasteiger partial charge in [-0.3, -0.25) is 14.9 Å². The zero-order valence-electron chi connectivity index (χ0n) is 18.1. The number of hydrogen-bond acceptors (Lipinski definition) is 6. The SMILES string of the molecule is COc1cc(C=C(C#N)C(=O)Nc2ccc(Cl)cc2[N+](=O)[O-])ccc1OCc1ccc(Cl)cc1Cl. The van der Waals surface area contributed by atoms with Crippen LogP contribution in [-0.2, 0) is 11.4 Å². The largest absolute Gasteiger partial charge is 0.493 e. The van der Waals surface area contributed by atoms with E-state index in [-0.39, 0.29) is 22.9 Å². The van der Waals surface area contributed by atoms with E-state index < -0.39 is 16.5 Å². The molecule has 0 spiro atoms. The van der Waals surface area contributed by atoms with Crippen molar-refractivity contribution in [3.8, 4) is 17.6 Å². The molecule has 0 bridgehead atoms. The highest BCUT2D eigenvalue weighted by molar-refractivity contribution is 6.35. The Morgan fingerprint density at radius 2 is 1.80 bits per heavy atom. The van der Waals surface area contributed by atoms with Gasteiger partial charge in [0.25, 0.3) is 11.6 Å². The molecular formula is C24H16Cl3N3O5. The molecule has 0 unspecified atom stereocenters. The zero-order chi connectivity index (χ0) is 25.5. The fourth-order valence-corrected chi connectivity index (χ4v) is 3.58. The van der Waals surface area contributed by atoms with Crippen molar-refractivity contribution in [3.63, 3.8) is 0 Å². The number of carbonyl (C=O) groups is 1. The molecule has 0 fully saturated rings. The molecule has 3 rings (SSSR count). The Labute approximate surface area is 215 Å². The quantitative estimate of drug-likeness (QED) is 0.150. The Hall–Kier alpha value is -3.77. The maximum Gasteiger partial charge on any atom is 0.294 e. The summed E-state index contributed by atoms with van der Waals surface area (Å²) in [6, 6.07) is 15.5. The minimum Gasteiger partial charge on any atom is -0.493 e. The fourth-order valence-electron chi connectivity index (χ4n) is 2.95. The second-order valence-corrected chi connectivity index (χ2v) is 8.26. The molecule has 3 aromatic rings. The maximum absolute atomic E-state index is 12.6. The van der Waals surface area contributed by atoms with E-state index in [0.29, 0.717) is 27.1 Å². The van der Waals surface area contributed by atoms with Crippen LogP contribution < -0.4 is 14.8 Å². The maximum atomic E-state index is 12.6. The predicted molar refractivity (Wildman–Crippen MR) is 134 cm³/mol. The summed E-state index contributed by atoms with van der Waals surface area (Å²) in [4.78, 5) is 23.2. The van der Waals surface area contributed by atoms with Crippen molar-refractivity contribution in [2.24, 2.45) is 0 Å². The number of rotatable bonds is 8. The van der Waals surface area contributed by atoms with E-state index in [1.165, 1.54) is 25.3 Å². The number of halogens is 3. The smallest absolute Gasteiger partial charge is 0.294 e. The van der Waals surface area contributed by atoms with Crippen molar-refractivity contribution in [1.29, 1.82) is 5.26 Å². The predicted octanol–water partition coefficient (Wildman–Crippen LogP) is 6.69. The molecule has 0 aliphatic carbocycles. The number of nitrogens with zero attached hydrogens (tertiary/aromatic N) is 2. The normalized spacial score (nSPS) is 10.9. The summed E-state index contributed by atoms with van der Waals surface area (Å²) in [5.41, 5.74) is 0.426. The van der Waals surface area contributed by atoms with E-state index in [1.54, 1.807) is 42.5 Å². The Morgan fingerprint density at radius 1 is 1.09 bits per heavy atom. The molecule has 0 saturated carbocycles. The Morgan fingerprint density at radius 3 is 2.46 bits per heavy atom. The lowest BCUT2D eigenvalue weighted by Gasteiger charge is -2.12. The van der Waals surface area contributed by atoms with Crippen LogP contribution in [0.25, 0.3) is 6.08 Å². The first-order valence-electron chi connectivity index (χ1n) is 9.83. The van der Waals surface area contributed by atoms with Crippen LogP contribution in [0.2, 0.25) is 15.1 Å². The topological polar surface area (TPSA) is 114 Å². The molecule has 1 N–H and O–H groups in total. The van der Waals surface area contributed by atoms with Gasteiger partial charge < -0.3 is 14.8 Å². The van der Waals surface area contributed by atoms with Crippen LogP contribution in [0.5, 0.6) is 11.5 Å². The van der Waals surface area contributed by atoms with Crippen LogP contribution in [0.1, 0.15) is 11.1 Å². The van der Waals surface area contributed by atoms with Gasteiger partial charge in [0.15, 0.2) is 11.5 Å². The van der Waals surface area contributed by atoms with Crippen LogP contribution in [-0.4, -0.2) is 17.9 Å². The second-order valence-electron chi connectivity index (χ2n) is 6.98. The number of nitrogens with one attached hydrogen (secondary N) is 1. The molecule has 11 heteroatoms. The van der Waals surface area contributed by atoms with E-state index in [2.05, 4.69) is 5.32 Å². The van der Waals surface area contributed by atoms with E-state index in [9.17, 15) is 20.2 Å². The first kappa shape index (κ1) is 25.8. The molecular weight excluding hydrogens is 517 g/mol. The van der Waals surface area contributed by atoms with Gasteiger partial charge >= 0.3 is 0 Å². The number of benzene rings is 3. The Balaban J connectivity index is 1.80. The van der Waals surface area contributed by atoms with E-state index in [1.807, 2.05) is 0 Å². The minimum atomic E-state index is -0.824. The van der Waals surface area contributed by atoms with Crippen LogP contribution in [0, 0.1) is 21.4 Å². The third kappa shape index (κ3) is 6.64. The Kier molecular flexibility index (Phi) is 8.55. The number of anilines is 1. The van der Waals surface area contributed by atoms with E-state index >= 15 is 0 Å². The highest BCUT2D eigenvalue weighted by Gasteiger charge is 2.19. The van der Waals surface area contributed by atoms with Crippen molar-refractivity contribution in [1.82, 2.24) is 0 Å². The molecule has 0 atom stereocenters. The van der Waals surface area contributed by atoms with E-state index in [4.69, 9.17) is 44.3 Å². The number of nitriles is 1. The van der Waals surface area contributed by atoms with Crippen LogP contribution in [0.4, 0.5) is 11.4 Å². The summed E-state index contributed by atoms with van der Waals surface area (Å²) < 4.78 is 11.2. The zero-order valence-corrected chi connectivity index (χ0v) is 20.3. The summed E-state index contributed by atoms with van der Waals surface area (Å²) in [6.45, 7) is 0.160.